The smallest absolute Gasteiger partial charge is 0.171 e. The van der Waals surface area contributed by atoms with Crippen LogP contribution in [0.4, 0.5) is 14.5 Å². The van der Waals surface area contributed by atoms with Gasteiger partial charge in [-0.2, -0.15) is 0 Å². The summed E-state index contributed by atoms with van der Waals surface area (Å²) in [5, 5.41) is 5.82. The van der Waals surface area contributed by atoms with Gasteiger partial charge in [-0.1, -0.05) is 29.8 Å². The highest BCUT2D eigenvalue weighted by Gasteiger charge is 2.13. The molecular weight excluding hydrogens is 302 g/mol. The second-order valence-corrected chi connectivity index (χ2v) is 5.69. The molecule has 2 rings (SSSR count). The minimum absolute atomic E-state index is 0.0743. The Morgan fingerprint density at radius 3 is 2.36 bits per heavy atom. The molecule has 22 heavy (non-hydrogen) atoms. The normalized spacial score (nSPS) is 11.9. The van der Waals surface area contributed by atoms with E-state index in [4.69, 9.17) is 12.2 Å². The third kappa shape index (κ3) is 3.80. The van der Waals surface area contributed by atoms with Crippen molar-refractivity contribution in [3.8, 4) is 0 Å². The summed E-state index contributed by atoms with van der Waals surface area (Å²) in [5.74, 6) is -1.35. The van der Waals surface area contributed by atoms with Crippen LogP contribution < -0.4 is 10.6 Å². The summed E-state index contributed by atoms with van der Waals surface area (Å²) in [6.07, 6.45) is 0. The van der Waals surface area contributed by atoms with E-state index in [2.05, 4.69) is 16.7 Å². The lowest BCUT2D eigenvalue weighted by Gasteiger charge is -2.20. The quantitative estimate of drug-likeness (QED) is 0.806. The van der Waals surface area contributed by atoms with Gasteiger partial charge < -0.3 is 10.6 Å². The monoisotopic (exact) mass is 320 g/mol. The Bertz CT molecular complexity index is 681. The highest BCUT2D eigenvalue weighted by Crippen LogP contribution is 2.21. The highest BCUT2D eigenvalue weighted by atomic mass is 32.1. The van der Waals surface area contributed by atoms with E-state index in [1.807, 2.05) is 32.9 Å². The lowest BCUT2D eigenvalue weighted by Crippen LogP contribution is -2.31. The molecule has 5 heteroatoms. The molecule has 0 aliphatic carbocycles. The number of halogens is 2. The van der Waals surface area contributed by atoms with Gasteiger partial charge in [-0.15, -0.1) is 0 Å². The highest BCUT2D eigenvalue weighted by molar-refractivity contribution is 7.80. The van der Waals surface area contributed by atoms with Crippen LogP contribution in [-0.4, -0.2) is 5.11 Å². The van der Waals surface area contributed by atoms with Gasteiger partial charge in [0.25, 0.3) is 0 Å². The molecule has 0 aliphatic rings. The zero-order chi connectivity index (χ0) is 16.3. The van der Waals surface area contributed by atoms with E-state index in [-0.39, 0.29) is 16.8 Å². The molecule has 0 fully saturated rings. The second kappa shape index (κ2) is 6.83. The lowest BCUT2D eigenvalue weighted by molar-refractivity contribution is 0.590. The number of anilines is 1. The number of hydrogen-bond acceptors (Lipinski definition) is 1. The number of hydrogen-bond donors (Lipinski definition) is 2. The van der Waals surface area contributed by atoms with Gasteiger partial charge >= 0.3 is 0 Å². The summed E-state index contributed by atoms with van der Waals surface area (Å²) >= 11 is 5.15. The van der Waals surface area contributed by atoms with Gasteiger partial charge in [-0.3, -0.25) is 0 Å². The van der Waals surface area contributed by atoms with Gasteiger partial charge in [0, 0.05) is 0 Å². The Kier molecular flexibility index (Phi) is 5.08. The molecule has 2 N–H and O–H groups in total. The molecule has 0 aliphatic heterocycles. The Labute approximate surface area is 134 Å². The molecule has 0 bridgehead atoms. The first-order valence-electron chi connectivity index (χ1n) is 6.97. The van der Waals surface area contributed by atoms with E-state index in [9.17, 15) is 8.78 Å². The number of thiocarbonyl (C=S) groups is 1. The van der Waals surface area contributed by atoms with Gasteiger partial charge in [0.1, 0.15) is 17.3 Å². The van der Waals surface area contributed by atoms with Crippen molar-refractivity contribution in [1.82, 2.24) is 5.32 Å². The number of rotatable bonds is 3. The molecule has 1 unspecified atom stereocenters. The minimum Gasteiger partial charge on any atom is -0.356 e. The van der Waals surface area contributed by atoms with Gasteiger partial charge in [0.15, 0.2) is 5.11 Å². The van der Waals surface area contributed by atoms with Crippen molar-refractivity contribution in [3.63, 3.8) is 0 Å². The van der Waals surface area contributed by atoms with Crippen LogP contribution in [-0.2, 0) is 0 Å². The summed E-state index contributed by atoms with van der Waals surface area (Å²) in [5.41, 5.74) is 3.13. The van der Waals surface area contributed by atoms with Gasteiger partial charge in [0.05, 0.1) is 6.04 Å². The van der Waals surface area contributed by atoms with Gasteiger partial charge in [-0.05, 0) is 56.2 Å². The molecule has 116 valence electrons. The molecule has 0 heterocycles. The van der Waals surface area contributed by atoms with Crippen LogP contribution in [0.3, 0.4) is 0 Å². The largest absolute Gasteiger partial charge is 0.356 e. The zero-order valence-corrected chi connectivity index (χ0v) is 13.5. The van der Waals surface area contributed by atoms with Crippen LogP contribution in [0.15, 0.2) is 36.4 Å². The van der Waals surface area contributed by atoms with Crippen molar-refractivity contribution in [2.75, 3.05) is 5.32 Å². The number of aryl methyl sites for hydroxylation is 2. The third-order valence-corrected chi connectivity index (χ3v) is 3.67. The first kappa shape index (κ1) is 16.4. The summed E-state index contributed by atoms with van der Waals surface area (Å²) < 4.78 is 27.2. The van der Waals surface area contributed by atoms with Crippen molar-refractivity contribution in [2.45, 2.75) is 26.8 Å². The summed E-state index contributed by atoms with van der Waals surface area (Å²) in [6.45, 7) is 5.98. The van der Waals surface area contributed by atoms with E-state index >= 15 is 0 Å². The molecule has 0 aromatic heterocycles. The van der Waals surface area contributed by atoms with Crippen LogP contribution in [0.5, 0.6) is 0 Å². The first-order chi connectivity index (χ1) is 10.4. The Morgan fingerprint density at radius 2 is 1.73 bits per heavy atom. The van der Waals surface area contributed by atoms with Gasteiger partial charge in [0.2, 0.25) is 0 Å². The summed E-state index contributed by atoms with van der Waals surface area (Å²) in [7, 11) is 0. The van der Waals surface area contributed by atoms with Crippen LogP contribution in [0.2, 0.25) is 0 Å². The predicted molar refractivity (Wildman–Crippen MR) is 90.0 cm³/mol. The van der Waals surface area contributed by atoms with Crippen LogP contribution in [0.1, 0.15) is 29.7 Å². The molecule has 1 atom stereocenters. The maximum atomic E-state index is 13.6. The molecule has 2 aromatic rings. The van der Waals surface area contributed by atoms with Crippen molar-refractivity contribution in [2.24, 2.45) is 0 Å². The second-order valence-electron chi connectivity index (χ2n) is 5.28. The Hall–Kier alpha value is -2.01. The van der Waals surface area contributed by atoms with E-state index in [0.29, 0.717) is 0 Å². The first-order valence-corrected chi connectivity index (χ1v) is 7.38. The molecule has 0 spiro atoms. The zero-order valence-electron chi connectivity index (χ0n) is 12.7. The Balaban J connectivity index is 2.10. The van der Waals surface area contributed by atoms with Crippen molar-refractivity contribution >= 4 is 23.0 Å². The maximum absolute atomic E-state index is 13.6. The van der Waals surface area contributed by atoms with Crippen LogP contribution >= 0.6 is 12.2 Å². The fraction of sp³-hybridized carbons (Fsp3) is 0.235. The van der Waals surface area contributed by atoms with Crippen LogP contribution in [0.25, 0.3) is 0 Å². The Morgan fingerprint density at radius 1 is 1.09 bits per heavy atom. The standard InChI is InChI=1S/C17H18F2N2S/c1-10-7-8-11(2)13(9-10)12(3)20-17(22)21-16-14(18)5-4-6-15(16)19/h4-9,12H,1-3H3,(H2,20,21,22). The third-order valence-electron chi connectivity index (χ3n) is 3.45. The average molecular weight is 320 g/mol. The van der Waals surface area contributed by atoms with Crippen molar-refractivity contribution in [1.29, 1.82) is 0 Å². The molecule has 0 saturated carbocycles. The average Bonchev–Trinajstić information content (AvgIpc) is 2.45. The molecule has 2 nitrogen and oxygen atoms in total. The SMILES string of the molecule is Cc1ccc(C)c(C(C)NC(=S)Nc2c(F)cccc2F)c1. The van der Waals surface area contributed by atoms with Crippen molar-refractivity contribution < 1.29 is 8.78 Å². The number of para-hydroxylation sites is 1. The van der Waals surface area contributed by atoms with E-state index < -0.39 is 11.6 Å². The molecule has 0 amide bonds. The molecule has 2 aromatic carbocycles. The topological polar surface area (TPSA) is 24.1 Å². The van der Waals surface area contributed by atoms with E-state index in [1.54, 1.807) is 0 Å². The fourth-order valence-corrected chi connectivity index (χ4v) is 2.55. The summed E-state index contributed by atoms with van der Waals surface area (Å²) in [6, 6.07) is 9.75. The minimum atomic E-state index is -0.677. The maximum Gasteiger partial charge on any atom is 0.171 e. The lowest BCUT2D eigenvalue weighted by atomic mass is 10.0. The molecule has 0 saturated heterocycles. The molecular formula is C17H18F2N2S. The molecule has 0 radical (unpaired) electrons. The number of benzene rings is 2. The summed E-state index contributed by atoms with van der Waals surface area (Å²) in [4.78, 5) is 0. The van der Waals surface area contributed by atoms with E-state index in [1.165, 1.54) is 18.2 Å². The van der Waals surface area contributed by atoms with E-state index in [0.717, 1.165) is 16.7 Å². The fourth-order valence-electron chi connectivity index (χ4n) is 2.27. The van der Waals surface area contributed by atoms with Crippen LogP contribution in [0, 0.1) is 25.5 Å². The van der Waals surface area contributed by atoms with Crippen molar-refractivity contribution in [3.05, 3.63) is 64.7 Å². The van der Waals surface area contributed by atoms with Gasteiger partial charge in [-0.25, -0.2) is 8.78 Å². The number of nitrogens with one attached hydrogen (secondary N) is 2. The predicted octanol–water partition coefficient (Wildman–Crippen LogP) is 4.63.